The molecule has 29 heavy (non-hydrogen) atoms. The van der Waals surface area contributed by atoms with Gasteiger partial charge >= 0.3 is 6.09 Å². The number of aromatic nitrogens is 1. The predicted octanol–water partition coefficient (Wildman–Crippen LogP) is 4.74. The number of nitrogens with zero attached hydrogens (tertiary/aromatic N) is 2. The number of rotatable bonds is 8. The van der Waals surface area contributed by atoms with Gasteiger partial charge in [0.05, 0.1) is 18.6 Å². The molecule has 160 valence electrons. The van der Waals surface area contributed by atoms with Crippen LogP contribution in [0.2, 0.25) is 0 Å². The second-order valence-corrected chi connectivity index (χ2v) is 8.29. The van der Waals surface area contributed by atoms with Crippen molar-refractivity contribution in [3.05, 3.63) is 28.6 Å². The van der Waals surface area contributed by atoms with Crippen molar-refractivity contribution >= 4 is 22.7 Å². The lowest BCUT2D eigenvalue weighted by Gasteiger charge is -2.28. The van der Waals surface area contributed by atoms with E-state index in [0.717, 1.165) is 17.7 Å². The molecule has 0 fully saturated rings. The summed E-state index contributed by atoms with van der Waals surface area (Å²) >= 11 is 0. The summed E-state index contributed by atoms with van der Waals surface area (Å²) in [5.74, 6) is 1.26. The molecule has 1 N–H and O–H groups in total. The van der Waals surface area contributed by atoms with Crippen molar-refractivity contribution in [3.8, 4) is 11.5 Å². The normalized spacial score (nSPS) is 11.5. The molecule has 0 aliphatic rings. The zero-order chi connectivity index (χ0) is 21.8. The fourth-order valence-electron chi connectivity index (χ4n) is 3.15. The largest absolute Gasteiger partial charge is 0.494 e. The van der Waals surface area contributed by atoms with Crippen LogP contribution in [0.5, 0.6) is 11.5 Å². The lowest BCUT2D eigenvalue weighted by Crippen LogP contribution is -2.35. The highest BCUT2D eigenvalue weighted by molar-refractivity contribution is 5.97. The van der Waals surface area contributed by atoms with E-state index in [1.165, 1.54) is 11.6 Å². The molecule has 7 nitrogen and oxygen atoms in total. The van der Waals surface area contributed by atoms with Gasteiger partial charge in [0.15, 0.2) is 11.6 Å². The van der Waals surface area contributed by atoms with Crippen LogP contribution >= 0.6 is 0 Å². The molecule has 0 bridgehead atoms. The van der Waals surface area contributed by atoms with Gasteiger partial charge in [-0.3, -0.25) is 14.3 Å². The maximum Gasteiger partial charge on any atom is 0.412 e. The van der Waals surface area contributed by atoms with E-state index in [9.17, 15) is 14.7 Å². The molecule has 0 spiro atoms. The third kappa shape index (κ3) is 5.22. The van der Waals surface area contributed by atoms with Crippen molar-refractivity contribution in [1.29, 1.82) is 0 Å². The molecule has 0 aliphatic carbocycles. The van der Waals surface area contributed by atoms with Crippen LogP contribution in [-0.4, -0.2) is 36.0 Å². The van der Waals surface area contributed by atoms with Gasteiger partial charge in [0.1, 0.15) is 5.75 Å². The standard InChI is InChI=1S/C22H32N2O5/c1-7-9-12-29-18-16-11-10-15(28-8-2)13-17(16)20(25)24(14-22(3,4)5)19(18)23(6)21(26)27/h10-11,13H,7-9,12,14H2,1-6H3,(H,26,27). The molecule has 0 saturated heterocycles. The zero-order valence-corrected chi connectivity index (χ0v) is 18.2. The molecule has 0 unspecified atom stereocenters. The Kier molecular flexibility index (Phi) is 7.16. The Morgan fingerprint density at radius 2 is 1.86 bits per heavy atom. The van der Waals surface area contributed by atoms with Crippen LogP contribution in [-0.2, 0) is 6.54 Å². The number of unbranched alkanes of at least 4 members (excludes halogenated alkanes) is 1. The van der Waals surface area contributed by atoms with E-state index < -0.39 is 6.09 Å². The summed E-state index contributed by atoms with van der Waals surface area (Å²) in [5.41, 5.74) is -0.508. The Morgan fingerprint density at radius 3 is 2.41 bits per heavy atom. The highest BCUT2D eigenvalue weighted by Crippen LogP contribution is 2.37. The fourth-order valence-corrected chi connectivity index (χ4v) is 3.15. The second kappa shape index (κ2) is 9.20. The van der Waals surface area contributed by atoms with Gasteiger partial charge in [-0.2, -0.15) is 0 Å². The molecule has 1 aromatic carbocycles. The summed E-state index contributed by atoms with van der Waals surface area (Å²) in [4.78, 5) is 26.3. The second-order valence-electron chi connectivity index (χ2n) is 8.29. The van der Waals surface area contributed by atoms with E-state index in [-0.39, 0.29) is 16.8 Å². The summed E-state index contributed by atoms with van der Waals surface area (Å²) in [6, 6.07) is 5.25. The van der Waals surface area contributed by atoms with Gasteiger partial charge in [-0.25, -0.2) is 4.79 Å². The first-order valence-corrected chi connectivity index (χ1v) is 10.0. The summed E-state index contributed by atoms with van der Waals surface area (Å²) in [6.45, 7) is 11.2. The Labute approximate surface area is 171 Å². The van der Waals surface area contributed by atoms with E-state index in [1.54, 1.807) is 18.2 Å². The molecule has 2 aromatic rings. The fraction of sp³-hybridized carbons (Fsp3) is 0.545. The van der Waals surface area contributed by atoms with Gasteiger partial charge in [-0.15, -0.1) is 0 Å². The third-order valence-electron chi connectivity index (χ3n) is 4.46. The van der Waals surface area contributed by atoms with Crippen LogP contribution < -0.4 is 19.9 Å². The van der Waals surface area contributed by atoms with Crippen molar-refractivity contribution in [2.45, 2.75) is 54.0 Å². The van der Waals surface area contributed by atoms with Crippen LogP contribution in [0.3, 0.4) is 0 Å². The number of hydrogen-bond donors (Lipinski definition) is 1. The van der Waals surface area contributed by atoms with Crippen molar-refractivity contribution < 1.29 is 19.4 Å². The smallest absolute Gasteiger partial charge is 0.412 e. The molecule has 7 heteroatoms. The Balaban J connectivity index is 2.88. The minimum atomic E-state index is -1.15. The molecule has 1 amide bonds. The summed E-state index contributed by atoms with van der Waals surface area (Å²) in [5, 5.41) is 10.7. The number of ether oxygens (including phenoxy) is 2. The number of fused-ring (bicyclic) bond motifs is 1. The summed E-state index contributed by atoms with van der Waals surface area (Å²) in [7, 11) is 1.43. The van der Waals surface area contributed by atoms with Gasteiger partial charge in [-0.1, -0.05) is 34.1 Å². The molecular weight excluding hydrogens is 372 g/mol. The Hall–Kier alpha value is -2.70. The van der Waals surface area contributed by atoms with E-state index >= 15 is 0 Å². The van der Waals surface area contributed by atoms with Crippen molar-refractivity contribution in [3.63, 3.8) is 0 Å². The van der Waals surface area contributed by atoms with Crippen LogP contribution in [0.1, 0.15) is 47.5 Å². The molecule has 1 heterocycles. The minimum Gasteiger partial charge on any atom is -0.494 e. The van der Waals surface area contributed by atoms with Crippen LogP contribution in [0, 0.1) is 5.41 Å². The molecule has 0 saturated carbocycles. The van der Waals surface area contributed by atoms with Crippen molar-refractivity contribution in [1.82, 2.24) is 4.57 Å². The maximum atomic E-state index is 13.4. The average molecular weight is 405 g/mol. The number of carboxylic acid groups (broad SMARTS) is 1. The highest BCUT2D eigenvalue weighted by atomic mass is 16.5. The molecule has 0 radical (unpaired) electrons. The van der Waals surface area contributed by atoms with E-state index in [1.807, 2.05) is 27.7 Å². The number of pyridine rings is 1. The zero-order valence-electron chi connectivity index (χ0n) is 18.2. The molecule has 1 aromatic heterocycles. The number of anilines is 1. The van der Waals surface area contributed by atoms with Gasteiger partial charge in [0.25, 0.3) is 5.56 Å². The van der Waals surface area contributed by atoms with Gasteiger partial charge in [-0.05, 0) is 37.0 Å². The SMILES string of the molecule is CCCCOc1c(N(C)C(=O)O)n(CC(C)(C)C)c(=O)c2cc(OCC)ccc12. The van der Waals surface area contributed by atoms with Crippen LogP contribution in [0.15, 0.2) is 23.0 Å². The molecule has 0 atom stereocenters. The predicted molar refractivity (Wildman–Crippen MR) is 116 cm³/mol. The van der Waals surface area contributed by atoms with E-state index in [2.05, 4.69) is 6.92 Å². The third-order valence-corrected chi connectivity index (χ3v) is 4.46. The van der Waals surface area contributed by atoms with Gasteiger partial charge in [0, 0.05) is 19.0 Å². The van der Waals surface area contributed by atoms with Crippen molar-refractivity contribution in [2.75, 3.05) is 25.2 Å². The number of carbonyl (C=O) groups is 1. The number of amides is 1. The van der Waals surface area contributed by atoms with E-state index in [4.69, 9.17) is 9.47 Å². The topological polar surface area (TPSA) is 81.0 Å². The Bertz CT molecular complexity index is 927. The van der Waals surface area contributed by atoms with Gasteiger partial charge < -0.3 is 14.6 Å². The maximum absolute atomic E-state index is 13.4. The monoisotopic (exact) mass is 404 g/mol. The van der Waals surface area contributed by atoms with Gasteiger partial charge in [0.2, 0.25) is 0 Å². The summed E-state index contributed by atoms with van der Waals surface area (Å²) in [6.07, 6.45) is 0.614. The Morgan fingerprint density at radius 1 is 1.17 bits per heavy atom. The first-order chi connectivity index (χ1) is 13.6. The van der Waals surface area contributed by atoms with Crippen LogP contribution in [0.4, 0.5) is 10.6 Å². The van der Waals surface area contributed by atoms with Crippen molar-refractivity contribution in [2.24, 2.45) is 5.41 Å². The molecule has 0 aliphatic heterocycles. The lowest BCUT2D eigenvalue weighted by molar-refractivity contribution is 0.202. The quantitative estimate of drug-likeness (QED) is 0.643. The molecular formula is C22H32N2O5. The first kappa shape index (κ1) is 22.6. The minimum absolute atomic E-state index is 0.246. The number of benzene rings is 1. The molecule has 2 rings (SSSR count). The highest BCUT2D eigenvalue weighted by Gasteiger charge is 2.27. The number of hydrogen-bond acceptors (Lipinski definition) is 4. The first-order valence-electron chi connectivity index (χ1n) is 10.0. The summed E-state index contributed by atoms with van der Waals surface area (Å²) < 4.78 is 13.1. The van der Waals surface area contributed by atoms with E-state index in [0.29, 0.717) is 42.0 Å². The van der Waals surface area contributed by atoms with Crippen LogP contribution in [0.25, 0.3) is 10.8 Å². The lowest BCUT2D eigenvalue weighted by atomic mass is 9.96. The average Bonchev–Trinajstić information content (AvgIpc) is 2.64.